The van der Waals surface area contributed by atoms with Crippen LogP contribution in [0.15, 0.2) is 54.6 Å². The van der Waals surface area contributed by atoms with E-state index in [-0.39, 0.29) is 5.82 Å². The Kier molecular flexibility index (Phi) is 4.45. The Morgan fingerprint density at radius 2 is 1.83 bits per heavy atom. The maximum Gasteiger partial charge on any atom is 0.123 e. The molecule has 0 heterocycles. The van der Waals surface area contributed by atoms with Crippen molar-refractivity contribution in [3.05, 3.63) is 71.5 Å². The van der Waals surface area contributed by atoms with E-state index in [0.717, 1.165) is 5.56 Å². The lowest BCUT2D eigenvalue weighted by molar-refractivity contribution is 0.174. The molecule has 1 atom stereocenters. The molecule has 94 valence electrons. The molecular formula is C15H16FNO. The molecule has 0 saturated heterocycles. The van der Waals surface area contributed by atoms with Gasteiger partial charge in [0.15, 0.2) is 0 Å². The van der Waals surface area contributed by atoms with E-state index >= 15 is 0 Å². The predicted octanol–water partition coefficient (Wildman–Crippen LogP) is 2.65. The molecule has 0 aromatic heterocycles. The summed E-state index contributed by atoms with van der Waals surface area (Å²) in [6.07, 6.45) is -0.690. The van der Waals surface area contributed by atoms with Crippen LogP contribution in [0.25, 0.3) is 0 Å². The Hall–Kier alpha value is -1.71. The van der Waals surface area contributed by atoms with Crippen LogP contribution < -0.4 is 5.32 Å². The molecule has 18 heavy (non-hydrogen) atoms. The maximum atomic E-state index is 13.0. The molecule has 2 aromatic rings. The number of benzene rings is 2. The normalized spacial score (nSPS) is 12.3. The molecule has 2 nitrogen and oxygen atoms in total. The molecule has 0 amide bonds. The van der Waals surface area contributed by atoms with Crippen molar-refractivity contribution in [2.24, 2.45) is 0 Å². The minimum absolute atomic E-state index is 0.324. The molecule has 0 fully saturated rings. The lowest BCUT2D eigenvalue weighted by Crippen LogP contribution is -2.21. The standard InChI is InChI=1S/C15H16FNO/c16-14-8-4-7-13(9-14)15(18)11-17-10-12-5-2-1-3-6-12/h1-9,15,17-18H,10-11H2. The van der Waals surface area contributed by atoms with E-state index in [4.69, 9.17) is 0 Å². The highest BCUT2D eigenvalue weighted by atomic mass is 19.1. The van der Waals surface area contributed by atoms with Crippen molar-refractivity contribution in [2.75, 3.05) is 6.54 Å². The Balaban J connectivity index is 1.83. The molecule has 0 bridgehead atoms. The van der Waals surface area contributed by atoms with E-state index in [1.54, 1.807) is 12.1 Å². The van der Waals surface area contributed by atoms with E-state index < -0.39 is 6.10 Å². The second-order valence-electron chi connectivity index (χ2n) is 4.19. The van der Waals surface area contributed by atoms with Gasteiger partial charge in [-0.05, 0) is 23.3 Å². The highest BCUT2D eigenvalue weighted by molar-refractivity contribution is 5.19. The first-order chi connectivity index (χ1) is 8.75. The van der Waals surface area contributed by atoms with Crippen LogP contribution in [0.4, 0.5) is 4.39 Å². The third-order valence-corrected chi connectivity index (χ3v) is 2.74. The highest BCUT2D eigenvalue weighted by Crippen LogP contribution is 2.13. The van der Waals surface area contributed by atoms with E-state index in [1.807, 2.05) is 30.3 Å². The van der Waals surface area contributed by atoms with Crippen LogP contribution in [0.2, 0.25) is 0 Å². The van der Waals surface area contributed by atoms with Gasteiger partial charge in [0.1, 0.15) is 5.82 Å². The average Bonchev–Trinajstić information content (AvgIpc) is 2.40. The first kappa shape index (κ1) is 12.7. The predicted molar refractivity (Wildman–Crippen MR) is 69.5 cm³/mol. The summed E-state index contributed by atoms with van der Waals surface area (Å²) >= 11 is 0. The summed E-state index contributed by atoms with van der Waals surface area (Å²) in [7, 11) is 0. The Bertz CT molecular complexity index is 487. The summed E-state index contributed by atoms with van der Waals surface area (Å²) < 4.78 is 13.0. The molecule has 2 aromatic carbocycles. The van der Waals surface area contributed by atoms with Gasteiger partial charge in [0.25, 0.3) is 0 Å². The molecule has 0 saturated carbocycles. The summed E-state index contributed by atoms with van der Waals surface area (Å²) in [5.74, 6) is -0.324. The van der Waals surface area contributed by atoms with Gasteiger partial charge in [-0.2, -0.15) is 0 Å². The highest BCUT2D eigenvalue weighted by Gasteiger charge is 2.07. The smallest absolute Gasteiger partial charge is 0.123 e. The minimum atomic E-state index is -0.690. The molecule has 2 rings (SSSR count). The zero-order valence-electron chi connectivity index (χ0n) is 10.0. The molecule has 0 radical (unpaired) electrons. The molecule has 0 spiro atoms. The SMILES string of the molecule is OC(CNCc1ccccc1)c1cccc(F)c1. The van der Waals surface area contributed by atoms with Crippen LogP contribution >= 0.6 is 0 Å². The topological polar surface area (TPSA) is 32.3 Å². The van der Waals surface area contributed by atoms with E-state index in [2.05, 4.69) is 5.32 Å². The van der Waals surface area contributed by atoms with E-state index in [1.165, 1.54) is 12.1 Å². The Morgan fingerprint density at radius 3 is 2.56 bits per heavy atom. The molecule has 0 aliphatic rings. The van der Waals surface area contributed by atoms with Crippen LogP contribution in [0.5, 0.6) is 0 Å². The first-order valence-corrected chi connectivity index (χ1v) is 5.94. The molecule has 2 N–H and O–H groups in total. The van der Waals surface area contributed by atoms with Crippen molar-refractivity contribution >= 4 is 0 Å². The van der Waals surface area contributed by atoms with Crippen molar-refractivity contribution in [2.45, 2.75) is 12.6 Å². The van der Waals surface area contributed by atoms with Crippen LogP contribution in [-0.2, 0) is 6.54 Å². The van der Waals surface area contributed by atoms with E-state index in [9.17, 15) is 9.50 Å². The summed E-state index contributed by atoms with van der Waals surface area (Å²) in [5.41, 5.74) is 1.75. The number of rotatable bonds is 5. The molecule has 3 heteroatoms. The number of hydrogen-bond acceptors (Lipinski definition) is 2. The molecule has 1 unspecified atom stereocenters. The fourth-order valence-electron chi connectivity index (χ4n) is 1.78. The summed E-state index contributed by atoms with van der Waals surface area (Å²) in [4.78, 5) is 0. The number of halogens is 1. The molecule has 0 aliphatic heterocycles. The van der Waals surface area contributed by atoms with Crippen molar-refractivity contribution < 1.29 is 9.50 Å². The van der Waals surface area contributed by atoms with Gasteiger partial charge < -0.3 is 10.4 Å². The van der Waals surface area contributed by atoms with Crippen molar-refractivity contribution in [1.82, 2.24) is 5.32 Å². The fourth-order valence-corrected chi connectivity index (χ4v) is 1.78. The van der Waals surface area contributed by atoms with Gasteiger partial charge in [-0.1, -0.05) is 42.5 Å². The van der Waals surface area contributed by atoms with E-state index in [0.29, 0.717) is 18.7 Å². The maximum absolute atomic E-state index is 13.0. The largest absolute Gasteiger partial charge is 0.387 e. The van der Waals surface area contributed by atoms with Crippen LogP contribution in [-0.4, -0.2) is 11.7 Å². The molecule has 0 aliphatic carbocycles. The number of aliphatic hydroxyl groups excluding tert-OH is 1. The zero-order valence-corrected chi connectivity index (χ0v) is 10.0. The molecular weight excluding hydrogens is 229 g/mol. The quantitative estimate of drug-likeness (QED) is 0.848. The second-order valence-corrected chi connectivity index (χ2v) is 4.19. The number of hydrogen-bond donors (Lipinski definition) is 2. The van der Waals surface area contributed by atoms with Crippen LogP contribution in [0, 0.1) is 5.82 Å². The third kappa shape index (κ3) is 3.65. The van der Waals surface area contributed by atoms with Crippen molar-refractivity contribution in [3.8, 4) is 0 Å². The van der Waals surface area contributed by atoms with Crippen molar-refractivity contribution in [3.63, 3.8) is 0 Å². The minimum Gasteiger partial charge on any atom is -0.387 e. The monoisotopic (exact) mass is 245 g/mol. The van der Waals surface area contributed by atoms with Crippen LogP contribution in [0.3, 0.4) is 0 Å². The van der Waals surface area contributed by atoms with Gasteiger partial charge in [-0.15, -0.1) is 0 Å². The Labute approximate surface area is 106 Å². The van der Waals surface area contributed by atoms with Gasteiger partial charge in [0.05, 0.1) is 6.10 Å². The number of aliphatic hydroxyl groups is 1. The van der Waals surface area contributed by atoms with Crippen LogP contribution in [0.1, 0.15) is 17.2 Å². The third-order valence-electron chi connectivity index (χ3n) is 2.74. The second kappa shape index (κ2) is 6.28. The van der Waals surface area contributed by atoms with Gasteiger partial charge in [0.2, 0.25) is 0 Å². The van der Waals surface area contributed by atoms with Gasteiger partial charge >= 0.3 is 0 Å². The van der Waals surface area contributed by atoms with Gasteiger partial charge in [-0.25, -0.2) is 4.39 Å². The van der Waals surface area contributed by atoms with Gasteiger partial charge in [0, 0.05) is 13.1 Å². The zero-order chi connectivity index (χ0) is 12.8. The summed E-state index contributed by atoms with van der Waals surface area (Å²) in [5, 5.41) is 13.0. The fraction of sp³-hybridized carbons (Fsp3) is 0.200. The average molecular weight is 245 g/mol. The summed E-state index contributed by atoms with van der Waals surface area (Å²) in [6, 6.07) is 16.0. The number of nitrogens with one attached hydrogen (secondary N) is 1. The lowest BCUT2D eigenvalue weighted by Gasteiger charge is -2.12. The lowest BCUT2D eigenvalue weighted by atomic mass is 10.1. The van der Waals surface area contributed by atoms with Crippen molar-refractivity contribution in [1.29, 1.82) is 0 Å². The first-order valence-electron chi connectivity index (χ1n) is 5.94. The van der Waals surface area contributed by atoms with Gasteiger partial charge in [-0.3, -0.25) is 0 Å². The summed E-state index contributed by atoms with van der Waals surface area (Å²) in [6.45, 7) is 1.09. The Morgan fingerprint density at radius 1 is 1.06 bits per heavy atom.